The Bertz CT molecular complexity index is 747. The van der Waals surface area contributed by atoms with Crippen LogP contribution in [0.2, 0.25) is 0 Å². The van der Waals surface area contributed by atoms with Crippen LogP contribution in [0.5, 0.6) is 5.88 Å². The lowest BCUT2D eigenvalue weighted by atomic mass is 10.1. The highest BCUT2D eigenvalue weighted by atomic mass is 32.2. The van der Waals surface area contributed by atoms with Crippen LogP contribution in [0.1, 0.15) is 43.0 Å². The van der Waals surface area contributed by atoms with Gasteiger partial charge in [0.15, 0.2) is 0 Å². The van der Waals surface area contributed by atoms with Crippen molar-refractivity contribution in [3.05, 3.63) is 29.8 Å². The molecule has 0 aliphatic rings. The molecule has 0 saturated heterocycles. The number of thioether (sulfide) groups is 1. The van der Waals surface area contributed by atoms with Crippen LogP contribution in [0.25, 0.3) is 10.9 Å². The lowest BCUT2D eigenvalue weighted by molar-refractivity contribution is -0.0888. The summed E-state index contributed by atoms with van der Waals surface area (Å²) in [6, 6.07) is 6.85. The number of hydrogen-bond donors (Lipinski definition) is 0. The second-order valence-corrected chi connectivity index (χ2v) is 6.68. The summed E-state index contributed by atoms with van der Waals surface area (Å²) in [7, 11) is 1.22. The molecule has 1 aromatic heterocycles. The van der Waals surface area contributed by atoms with E-state index in [0.29, 0.717) is 21.6 Å². The summed E-state index contributed by atoms with van der Waals surface area (Å²) in [5.41, 5.74) is 0.0170. The van der Waals surface area contributed by atoms with Crippen molar-refractivity contribution in [2.24, 2.45) is 0 Å². The van der Waals surface area contributed by atoms with Crippen molar-refractivity contribution in [3.8, 4) is 5.88 Å². The molecule has 7 heteroatoms. The van der Waals surface area contributed by atoms with Crippen LogP contribution >= 0.6 is 11.8 Å². The molecule has 0 unspecified atom stereocenters. The molecule has 1 aromatic carbocycles. The second-order valence-electron chi connectivity index (χ2n) is 5.58. The van der Waals surface area contributed by atoms with Crippen LogP contribution in [0.3, 0.4) is 0 Å². The largest absolute Gasteiger partial charge is 0.480 e. The number of carbonyl (C=O) groups excluding carboxylic acids is 1. The molecule has 0 bridgehead atoms. The van der Waals surface area contributed by atoms with Gasteiger partial charge in [-0.2, -0.15) is 13.2 Å². The molecule has 0 aliphatic carbocycles. The number of halogens is 3. The molecule has 0 fully saturated rings. The Labute approximate surface area is 149 Å². The van der Waals surface area contributed by atoms with Crippen LogP contribution in [0.4, 0.5) is 13.2 Å². The lowest BCUT2D eigenvalue weighted by Crippen LogP contribution is -2.24. The number of para-hydroxylation sites is 1. The topological polar surface area (TPSA) is 39.2 Å². The van der Waals surface area contributed by atoms with Crippen molar-refractivity contribution in [1.29, 1.82) is 0 Å². The SMILES string of the molecule is CCCCCCSc1c(C(=O)C(F)(F)F)c(OC)nc2ccccc12. The molecule has 1 heterocycles. The summed E-state index contributed by atoms with van der Waals surface area (Å²) in [5.74, 6) is -1.56. The van der Waals surface area contributed by atoms with Gasteiger partial charge in [-0.1, -0.05) is 44.4 Å². The first-order valence-electron chi connectivity index (χ1n) is 8.11. The number of nitrogens with zero attached hydrogens (tertiary/aromatic N) is 1. The van der Waals surface area contributed by atoms with E-state index in [1.54, 1.807) is 24.3 Å². The minimum absolute atomic E-state index is 0.280. The van der Waals surface area contributed by atoms with E-state index in [2.05, 4.69) is 11.9 Å². The van der Waals surface area contributed by atoms with Gasteiger partial charge < -0.3 is 4.74 Å². The number of methoxy groups -OCH3 is 1. The molecule has 0 atom stereocenters. The van der Waals surface area contributed by atoms with E-state index in [9.17, 15) is 18.0 Å². The summed E-state index contributed by atoms with van der Waals surface area (Å²) in [6.07, 6.45) is -0.942. The summed E-state index contributed by atoms with van der Waals surface area (Å²) in [5, 5.41) is 0.538. The fourth-order valence-electron chi connectivity index (χ4n) is 2.50. The highest BCUT2D eigenvalue weighted by molar-refractivity contribution is 7.99. The molecule has 2 rings (SSSR count). The smallest absolute Gasteiger partial charge is 0.455 e. The van der Waals surface area contributed by atoms with Crippen LogP contribution in [-0.2, 0) is 0 Å². The summed E-state index contributed by atoms with van der Waals surface area (Å²) < 4.78 is 44.2. The fraction of sp³-hybridized carbons (Fsp3) is 0.444. The van der Waals surface area contributed by atoms with Gasteiger partial charge in [-0.05, 0) is 18.2 Å². The van der Waals surface area contributed by atoms with E-state index >= 15 is 0 Å². The first-order chi connectivity index (χ1) is 11.9. The third-order valence-electron chi connectivity index (χ3n) is 3.73. The van der Waals surface area contributed by atoms with E-state index in [1.165, 1.54) is 18.9 Å². The molecule has 136 valence electrons. The number of pyridine rings is 1. The van der Waals surface area contributed by atoms with Crippen LogP contribution in [0.15, 0.2) is 29.2 Å². The number of Topliss-reactive ketones (excluding diaryl/α,β-unsaturated/α-hetero) is 1. The van der Waals surface area contributed by atoms with Gasteiger partial charge >= 0.3 is 6.18 Å². The molecular formula is C18H20F3NO2S. The van der Waals surface area contributed by atoms with Crippen molar-refractivity contribution >= 4 is 28.4 Å². The highest BCUT2D eigenvalue weighted by Gasteiger charge is 2.43. The molecule has 0 radical (unpaired) electrons. The first-order valence-corrected chi connectivity index (χ1v) is 9.09. The lowest BCUT2D eigenvalue weighted by Gasteiger charge is -2.16. The Hall–Kier alpha value is -1.76. The number of alkyl halides is 3. The number of aromatic nitrogens is 1. The van der Waals surface area contributed by atoms with E-state index in [1.807, 2.05) is 0 Å². The predicted molar refractivity (Wildman–Crippen MR) is 93.5 cm³/mol. The monoisotopic (exact) mass is 371 g/mol. The van der Waals surface area contributed by atoms with Gasteiger partial charge in [-0.3, -0.25) is 4.79 Å². The van der Waals surface area contributed by atoms with E-state index in [4.69, 9.17) is 4.74 Å². The second kappa shape index (κ2) is 8.56. The zero-order valence-electron chi connectivity index (χ0n) is 14.2. The summed E-state index contributed by atoms with van der Waals surface area (Å²) in [4.78, 5) is 16.4. The average molecular weight is 371 g/mol. The molecule has 3 nitrogen and oxygen atoms in total. The number of hydrogen-bond acceptors (Lipinski definition) is 4. The zero-order chi connectivity index (χ0) is 18.4. The number of rotatable bonds is 8. The normalized spacial score (nSPS) is 11.7. The molecule has 0 saturated carbocycles. The molecule has 0 amide bonds. The Morgan fingerprint density at radius 2 is 1.92 bits per heavy atom. The van der Waals surface area contributed by atoms with Crippen molar-refractivity contribution in [3.63, 3.8) is 0 Å². The molecule has 25 heavy (non-hydrogen) atoms. The van der Waals surface area contributed by atoms with Crippen LogP contribution in [-0.4, -0.2) is 29.8 Å². The number of benzene rings is 1. The summed E-state index contributed by atoms with van der Waals surface area (Å²) in [6.45, 7) is 2.09. The minimum atomic E-state index is -4.98. The fourth-order valence-corrected chi connectivity index (χ4v) is 3.71. The van der Waals surface area contributed by atoms with Crippen molar-refractivity contribution in [1.82, 2.24) is 4.98 Å². The quantitative estimate of drug-likeness (QED) is 0.341. The maximum Gasteiger partial charge on any atom is 0.455 e. The molecule has 0 aliphatic heterocycles. The van der Waals surface area contributed by atoms with Gasteiger partial charge in [0.25, 0.3) is 5.78 Å². The van der Waals surface area contributed by atoms with Gasteiger partial charge in [0, 0.05) is 10.3 Å². The van der Waals surface area contributed by atoms with E-state index in [-0.39, 0.29) is 5.88 Å². The Morgan fingerprint density at radius 3 is 2.56 bits per heavy atom. The zero-order valence-corrected chi connectivity index (χ0v) is 15.0. The number of unbranched alkanes of at least 4 members (excludes halogenated alkanes) is 3. The van der Waals surface area contributed by atoms with Gasteiger partial charge in [0.1, 0.15) is 5.56 Å². The third-order valence-corrected chi connectivity index (χ3v) is 4.94. The minimum Gasteiger partial charge on any atom is -0.480 e. The molecule has 0 N–H and O–H groups in total. The highest BCUT2D eigenvalue weighted by Crippen LogP contribution is 2.39. The standard InChI is InChI=1S/C18H20F3NO2S/c1-3-4-5-8-11-25-15-12-9-6-7-10-13(12)22-17(24-2)14(15)16(23)18(19,20)21/h6-7,9-10H,3-5,8,11H2,1-2H3. The van der Waals surface area contributed by atoms with Crippen molar-refractivity contribution in [2.45, 2.75) is 43.7 Å². The van der Waals surface area contributed by atoms with E-state index < -0.39 is 17.5 Å². The van der Waals surface area contributed by atoms with Gasteiger partial charge in [-0.25, -0.2) is 4.98 Å². The number of fused-ring (bicyclic) bond motifs is 1. The van der Waals surface area contributed by atoms with Crippen molar-refractivity contribution < 1.29 is 22.7 Å². The predicted octanol–water partition coefficient (Wildman–Crippen LogP) is 5.66. The number of ketones is 1. The van der Waals surface area contributed by atoms with Gasteiger partial charge in [0.2, 0.25) is 5.88 Å². The Balaban J connectivity index is 2.50. The van der Waals surface area contributed by atoms with Crippen LogP contribution < -0.4 is 4.74 Å². The molecule has 2 aromatic rings. The van der Waals surface area contributed by atoms with Gasteiger partial charge in [0.05, 0.1) is 12.6 Å². The maximum atomic E-state index is 13.1. The average Bonchev–Trinajstić information content (AvgIpc) is 2.59. The number of ether oxygens (including phenoxy) is 1. The van der Waals surface area contributed by atoms with E-state index in [0.717, 1.165) is 25.7 Å². The summed E-state index contributed by atoms with van der Waals surface area (Å²) >= 11 is 1.26. The van der Waals surface area contributed by atoms with Crippen molar-refractivity contribution in [2.75, 3.05) is 12.9 Å². The third kappa shape index (κ3) is 4.66. The number of carbonyl (C=O) groups is 1. The van der Waals surface area contributed by atoms with Gasteiger partial charge in [-0.15, -0.1) is 11.8 Å². The molecule has 0 spiro atoms. The van der Waals surface area contributed by atoms with Crippen LogP contribution in [0, 0.1) is 0 Å². The Kier molecular flexibility index (Phi) is 6.70. The first kappa shape index (κ1) is 19.6. The molecular weight excluding hydrogens is 351 g/mol. The maximum absolute atomic E-state index is 13.1. The Morgan fingerprint density at radius 1 is 1.20 bits per heavy atom.